The van der Waals surface area contributed by atoms with Crippen LogP contribution < -0.4 is 10.9 Å². The maximum absolute atomic E-state index is 11.9. The molecule has 2 aromatic rings. The summed E-state index contributed by atoms with van der Waals surface area (Å²) in [6, 6.07) is 0. The second-order valence-electron chi connectivity index (χ2n) is 4.31. The van der Waals surface area contributed by atoms with Gasteiger partial charge in [0.2, 0.25) is 5.89 Å². The number of hydrogen-bond acceptors (Lipinski definition) is 6. The first-order chi connectivity index (χ1) is 9.61. The minimum Gasteiger partial charge on any atom is -0.382 e. The van der Waals surface area contributed by atoms with Crippen molar-refractivity contribution in [3.63, 3.8) is 0 Å². The molecule has 8 heteroatoms. The lowest BCUT2D eigenvalue weighted by Crippen LogP contribution is -2.24. The van der Waals surface area contributed by atoms with Crippen LogP contribution in [0.25, 0.3) is 0 Å². The summed E-state index contributed by atoms with van der Waals surface area (Å²) in [5, 5.41) is 11.0. The van der Waals surface area contributed by atoms with Crippen molar-refractivity contribution in [3.8, 4) is 0 Å². The van der Waals surface area contributed by atoms with E-state index in [9.17, 15) is 4.79 Å². The third kappa shape index (κ3) is 3.36. The molecule has 0 aliphatic heterocycles. The molecule has 2 aromatic heterocycles. The lowest BCUT2D eigenvalue weighted by atomic mass is 10.4. The molecule has 0 radical (unpaired) electrons. The van der Waals surface area contributed by atoms with Crippen LogP contribution in [0.5, 0.6) is 0 Å². The zero-order chi connectivity index (χ0) is 14.5. The number of nitrogens with one attached hydrogen (secondary N) is 1. The maximum atomic E-state index is 11.9. The van der Waals surface area contributed by atoms with Crippen molar-refractivity contribution in [2.75, 3.05) is 11.9 Å². The van der Waals surface area contributed by atoms with E-state index in [1.54, 1.807) is 13.1 Å². The molecule has 1 N–H and O–H groups in total. The molecule has 0 unspecified atom stereocenters. The topological polar surface area (TPSA) is 85.8 Å². The van der Waals surface area contributed by atoms with Gasteiger partial charge in [0.1, 0.15) is 5.02 Å². The van der Waals surface area contributed by atoms with Crippen LogP contribution in [0.1, 0.15) is 25.1 Å². The van der Waals surface area contributed by atoms with Crippen LogP contribution in [-0.4, -0.2) is 26.5 Å². The van der Waals surface area contributed by atoms with Crippen molar-refractivity contribution in [1.29, 1.82) is 0 Å². The molecule has 0 atom stereocenters. The van der Waals surface area contributed by atoms with E-state index in [2.05, 4.69) is 20.6 Å². The van der Waals surface area contributed by atoms with Crippen LogP contribution in [-0.2, 0) is 13.0 Å². The Morgan fingerprint density at radius 3 is 2.95 bits per heavy atom. The number of aryl methyl sites for hydroxylation is 2. The van der Waals surface area contributed by atoms with Gasteiger partial charge in [0.05, 0.1) is 11.9 Å². The molecule has 0 amide bonds. The Morgan fingerprint density at radius 1 is 1.50 bits per heavy atom. The largest absolute Gasteiger partial charge is 0.382 e. The van der Waals surface area contributed by atoms with Gasteiger partial charge in [-0.15, -0.1) is 0 Å². The van der Waals surface area contributed by atoms with Crippen molar-refractivity contribution < 1.29 is 4.52 Å². The summed E-state index contributed by atoms with van der Waals surface area (Å²) in [6.07, 6.45) is 2.93. The standard InChI is InChI=1S/C12H16ClN5O2/c1-3-6-18-12(19)11(13)9(7-15-18)14-5-4-10-16-8(2)17-20-10/h7,14H,3-6H2,1-2H3. The highest BCUT2D eigenvalue weighted by atomic mass is 35.5. The second kappa shape index (κ2) is 6.51. The third-order valence-corrected chi connectivity index (χ3v) is 3.01. The fourth-order valence-corrected chi connectivity index (χ4v) is 1.92. The molecular weight excluding hydrogens is 282 g/mol. The van der Waals surface area contributed by atoms with E-state index < -0.39 is 0 Å². The quantitative estimate of drug-likeness (QED) is 0.872. The molecule has 2 heterocycles. The Labute approximate surface area is 120 Å². The van der Waals surface area contributed by atoms with Crippen LogP contribution in [0, 0.1) is 6.92 Å². The van der Waals surface area contributed by atoms with Gasteiger partial charge in [-0.2, -0.15) is 10.1 Å². The van der Waals surface area contributed by atoms with Gasteiger partial charge in [-0.3, -0.25) is 4.79 Å². The third-order valence-electron chi connectivity index (χ3n) is 2.64. The molecule has 20 heavy (non-hydrogen) atoms. The smallest absolute Gasteiger partial charge is 0.287 e. The minimum atomic E-state index is -0.285. The number of hydrogen-bond donors (Lipinski definition) is 1. The Morgan fingerprint density at radius 2 is 2.30 bits per heavy atom. The Bertz CT molecular complexity index is 637. The summed E-state index contributed by atoms with van der Waals surface area (Å²) in [4.78, 5) is 16.0. The van der Waals surface area contributed by atoms with Crippen molar-refractivity contribution in [2.24, 2.45) is 0 Å². The monoisotopic (exact) mass is 297 g/mol. The van der Waals surface area contributed by atoms with E-state index in [0.717, 1.165) is 6.42 Å². The maximum Gasteiger partial charge on any atom is 0.287 e. The summed E-state index contributed by atoms with van der Waals surface area (Å²) >= 11 is 6.03. The molecular formula is C12H16ClN5O2. The van der Waals surface area contributed by atoms with Gasteiger partial charge in [0.25, 0.3) is 5.56 Å². The van der Waals surface area contributed by atoms with Gasteiger partial charge >= 0.3 is 0 Å². The fraction of sp³-hybridized carbons (Fsp3) is 0.500. The number of anilines is 1. The van der Waals surface area contributed by atoms with Gasteiger partial charge in [-0.05, 0) is 13.3 Å². The zero-order valence-corrected chi connectivity index (χ0v) is 12.1. The molecule has 7 nitrogen and oxygen atoms in total. The fourth-order valence-electron chi connectivity index (χ4n) is 1.71. The van der Waals surface area contributed by atoms with Gasteiger partial charge in [-0.25, -0.2) is 4.68 Å². The van der Waals surface area contributed by atoms with Gasteiger partial charge in [0.15, 0.2) is 5.82 Å². The van der Waals surface area contributed by atoms with Crippen molar-refractivity contribution in [2.45, 2.75) is 33.2 Å². The van der Waals surface area contributed by atoms with E-state index in [1.807, 2.05) is 6.92 Å². The van der Waals surface area contributed by atoms with Crippen LogP contribution in [0.2, 0.25) is 5.02 Å². The van der Waals surface area contributed by atoms with Crippen LogP contribution >= 0.6 is 11.6 Å². The predicted molar refractivity (Wildman–Crippen MR) is 75.0 cm³/mol. The van der Waals surface area contributed by atoms with Crippen molar-refractivity contribution in [1.82, 2.24) is 19.9 Å². The first-order valence-corrected chi connectivity index (χ1v) is 6.78. The number of halogens is 1. The molecule has 0 fully saturated rings. The summed E-state index contributed by atoms with van der Waals surface area (Å²) in [5.41, 5.74) is 0.229. The summed E-state index contributed by atoms with van der Waals surface area (Å²) in [6.45, 7) is 4.82. The number of aromatic nitrogens is 4. The Hall–Kier alpha value is -1.89. The molecule has 0 aromatic carbocycles. The van der Waals surface area contributed by atoms with E-state index in [1.165, 1.54) is 4.68 Å². The highest BCUT2D eigenvalue weighted by Crippen LogP contribution is 2.15. The van der Waals surface area contributed by atoms with E-state index in [-0.39, 0.29) is 10.6 Å². The molecule has 0 aliphatic carbocycles. The predicted octanol–water partition coefficient (Wildman–Crippen LogP) is 1.65. The van der Waals surface area contributed by atoms with Gasteiger partial charge in [-0.1, -0.05) is 23.7 Å². The lowest BCUT2D eigenvalue weighted by molar-refractivity contribution is 0.377. The molecule has 0 bridgehead atoms. The highest BCUT2D eigenvalue weighted by molar-refractivity contribution is 6.32. The van der Waals surface area contributed by atoms with Crippen LogP contribution in [0.3, 0.4) is 0 Å². The Balaban J connectivity index is 1.99. The number of nitrogens with zero attached hydrogens (tertiary/aromatic N) is 4. The summed E-state index contributed by atoms with van der Waals surface area (Å²) < 4.78 is 6.35. The summed E-state index contributed by atoms with van der Waals surface area (Å²) in [5.74, 6) is 1.14. The lowest BCUT2D eigenvalue weighted by Gasteiger charge is -2.08. The minimum absolute atomic E-state index is 0.148. The molecule has 0 saturated heterocycles. The van der Waals surface area contributed by atoms with E-state index in [0.29, 0.717) is 36.9 Å². The SMILES string of the molecule is CCCn1ncc(NCCc2nc(C)no2)c(Cl)c1=O. The normalized spacial score (nSPS) is 10.8. The molecule has 108 valence electrons. The van der Waals surface area contributed by atoms with Gasteiger partial charge < -0.3 is 9.84 Å². The summed E-state index contributed by atoms with van der Waals surface area (Å²) in [7, 11) is 0. The molecule has 2 rings (SSSR count). The van der Waals surface area contributed by atoms with Gasteiger partial charge in [0, 0.05) is 19.5 Å². The molecule has 0 aliphatic rings. The van der Waals surface area contributed by atoms with Crippen molar-refractivity contribution in [3.05, 3.63) is 33.3 Å². The molecule has 0 saturated carbocycles. The zero-order valence-electron chi connectivity index (χ0n) is 11.4. The average Bonchev–Trinajstić information content (AvgIpc) is 2.84. The van der Waals surface area contributed by atoms with E-state index in [4.69, 9.17) is 16.1 Å². The number of rotatable bonds is 6. The Kier molecular flexibility index (Phi) is 4.73. The second-order valence-corrected chi connectivity index (χ2v) is 4.69. The average molecular weight is 298 g/mol. The molecule has 0 spiro atoms. The van der Waals surface area contributed by atoms with Crippen LogP contribution in [0.4, 0.5) is 5.69 Å². The first-order valence-electron chi connectivity index (χ1n) is 6.40. The first kappa shape index (κ1) is 14.5. The van der Waals surface area contributed by atoms with Crippen molar-refractivity contribution >= 4 is 17.3 Å². The van der Waals surface area contributed by atoms with E-state index >= 15 is 0 Å². The van der Waals surface area contributed by atoms with Crippen LogP contribution in [0.15, 0.2) is 15.5 Å². The highest BCUT2D eigenvalue weighted by Gasteiger charge is 2.09.